The summed E-state index contributed by atoms with van der Waals surface area (Å²) in [7, 11) is 0. The van der Waals surface area contributed by atoms with E-state index in [9.17, 15) is 0 Å². The van der Waals surface area contributed by atoms with Gasteiger partial charge in [0, 0.05) is 10.9 Å². The van der Waals surface area contributed by atoms with E-state index < -0.39 is 0 Å². The number of halogens is 1. The number of rotatable bonds is 0. The fourth-order valence-electron chi connectivity index (χ4n) is 1.99. The van der Waals surface area contributed by atoms with Gasteiger partial charge in [-0.15, -0.1) is 5.10 Å². The summed E-state index contributed by atoms with van der Waals surface area (Å²) < 4.78 is 1.74. The van der Waals surface area contributed by atoms with E-state index in [1.165, 1.54) is 0 Å². The maximum absolute atomic E-state index is 6.32. The van der Waals surface area contributed by atoms with Crippen molar-refractivity contribution in [3.05, 3.63) is 34.3 Å². The third-order valence-corrected chi connectivity index (χ3v) is 3.31. The van der Waals surface area contributed by atoms with E-state index in [2.05, 4.69) is 15.5 Å². The zero-order valence-corrected chi connectivity index (χ0v) is 9.65. The average molecular weight is 233 g/mol. The third-order valence-electron chi connectivity index (χ3n) is 2.82. The number of benzene rings is 1. The van der Waals surface area contributed by atoms with Crippen molar-refractivity contribution in [2.45, 2.75) is 13.8 Å². The summed E-state index contributed by atoms with van der Waals surface area (Å²) >= 11 is 6.32. The number of aryl methyl sites for hydroxylation is 2. The van der Waals surface area contributed by atoms with Gasteiger partial charge in [0.2, 0.25) is 0 Å². The van der Waals surface area contributed by atoms with Crippen molar-refractivity contribution in [1.82, 2.24) is 20.0 Å². The Morgan fingerprint density at radius 2 is 2.06 bits per heavy atom. The minimum Gasteiger partial charge on any atom is -0.192 e. The molecule has 0 amide bonds. The number of hydrogen-bond donors (Lipinski definition) is 0. The van der Waals surface area contributed by atoms with E-state index in [1.54, 1.807) is 4.52 Å². The van der Waals surface area contributed by atoms with Crippen LogP contribution in [-0.4, -0.2) is 20.0 Å². The second-order valence-electron chi connectivity index (χ2n) is 3.82. The number of fused-ring (bicyclic) bond motifs is 3. The quantitative estimate of drug-likeness (QED) is 0.598. The standard InChI is InChI=1S/C11H9ClN4/c1-6-4-3-5-8-9(12)7(2)11-13-14-15-16(11)10(6)8/h3-5H,1-2H3. The minimum absolute atomic E-state index is 0.715. The molecule has 3 rings (SSSR count). The number of nitrogens with zero attached hydrogens (tertiary/aromatic N) is 4. The first-order chi connectivity index (χ1) is 7.70. The summed E-state index contributed by atoms with van der Waals surface area (Å²) in [5.74, 6) is 0. The van der Waals surface area contributed by atoms with Gasteiger partial charge in [-0.1, -0.05) is 29.8 Å². The molecule has 0 saturated heterocycles. The Balaban J connectivity index is 2.72. The molecule has 2 aromatic heterocycles. The molecule has 0 aliphatic carbocycles. The second-order valence-corrected chi connectivity index (χ2v) is 4.20. The molecule has 0 radical (unpaired) electrons. The Bertz CT molecular complexity index is 702. The molecule has 0 aliphatic rings. The number of tetrazole rings is 1. The molecule has 0 bridgehead atoms. The summed E-state index contributed by atoms with van der Waals surface area (Å²) in [6.07, 6.45) is 0. The van der Waals surface area contributed by atoms with Crippen LogP contribution in [0.2, 0.25) is 5.02 Å². The van der Waals surface area contributed by atoms with Crippen LogP contribution in [0.1, 0.15) is 11.1 Å². The highest BCUT2D eigenvalue weighted by Crippen LogP contribution is 2.30. The lowest BCUT2D eigenvalue weighted by atomic mass is 10.1. The molecule has 2 heterocycles. The normalized spacial score (nSPS) is 11.4. The highest BCUT2D eigenvalue weighted by atomic mass is 35.5. The second kappa shape index (κ2) is 3.15. The van der Waals surface area contributed by atoms with Gasteiger partial charge in [0.1, 0.15) is 0 Å². The summed E-state index contributed by atoms with van der Waals surface area (Å²) in [6.45, 7) is 3.95. The molecule has 80 valence electrons. The Kier molecular flexibility index (Phi) is 1.88. The van der Waals surface area contributed by atoms with Gasteiger partial charge in [-0.25, -0.2) is 0 Å². The number of hydrogen-bond acceptors (Lipinski definition) is 3. The molecular weight excluding hydrogens is 224 g/mol. The maximum atomic E-state index is 6.32. The molecular formula is C11H9ClN4. The van der Waals surface area contributed by atoms with Gasteiger partial charge in [-0.05, 0) is 29.8 Å². The maximum Gasteiger partial charge on any atom is 0.184 e. The summed E-state index contributed by atoms with van der Waals surface area (Å²) in [4.78, 5) is 0. The first-order valence-corrected chi connectivity index (χ1v) is 5.33. The Morgan fingerprint density at radius 1 is 1.25 bits per heavy atom. The van der Waals surface area contributed by atoms with Crippen molar-refractivity contribution >= 4 is 28.2 Å². The van der Waals surface area contributed by atoms with Crippen LogP contribution in [0.15, 0.2) is 18.2 Å². The zero-order chi connectivity index (χ0) is 11.3. The molecule has 0 atom stereocenters. The van der Waals surface area contributed by atoms with E-state index in [1.807, 2.05) is 32.0 Å². The van der Waals surface area contributed by atoms with Crippen LogP contribution >= 0.6 is 11.6 Å². The highest BCUT2D eigenvalue weighted by molar-refractivity contribution is 6.36. The fraction of sp³-hybridized carbons (Fsp3) is 0.182. The van der Waals surface area contributed by atoms with Crippen LogP contribution in [0.5, 0.6) is 0 Å². The Labute approximate surface area is 96.8 Å². The van der Waals surface area contributed by atoms with Crippen molar-refractivity contribution in [3.63, 3.8) is 0 Å². The van der Waals surface area contributed by atoms with Gasteiger partial charge in [-0.3, -0.25) is 0 Å². The van der Waals surface area contributed by atoms with E-state index in [4.69, 9.17) is 11.6 Å². The summed E-state index contributed by atoms with van der Waals surface area (Å²) in [6, 6.07) is 5.99. The largest absolute Gasteiger partial charge is 0.192 e. The van der Waals surface area contributed by atoms with Crippen LogP contribution < -0.4 is 0 Å². The van der Waals surface area contributed by atoms with Crippen LogP contribution in [0, 0.1) is 13.8 Å². The molecule has 16 heavy (non-hydrogen) atoms. The van der Waals surface area contributed by atoms with Gasteiger partial charge < -0.3 is 0 Å². The highest BCUT2D eigenvalue weighted by Gasteiger charge is 2.13. The number of para-hydroxylation sites is 1. The van der Waals surface area contributed by atoms with Crippen LogP contribution in [0.3, 0.4) is 0 Å². The van der Waals surface area contributed by atoms with Crippen LogP contribution in [0.25, 0.3) is 16.6 Å². The Hall–Kier alpha value is -1.68. The van der Waals surface area contributed by atoms with Gasteiger partial charge in [0.05, 0.1) is 10.5 Å². The first kappa shape index (κ1) is 9.54. The lowest BCUT2D eigenvalue weighted by Gasteiger charge is -2.08. The SMILES string of the molecule is Cc1c(Cl)c2cccc(C)c2n2nnnc12. The predicted octanol–water partition coefficient (Wildman–Crippen LogP) is 2.55. The molecule has 0 spiro atoms. The molecule has 0 saturated carbocycles. The van der Waals surface area contributed by atoms with Gasteiger partial charge in [0.25, 0.3) is 0 Å². The van der Waals surface area contributed by atoms with Crippen molar-refractivity contribution in [1.29, 1.82) is 0 Å². The van der Waals surface area contributed by atoms with Gasteiger partial charge in [0.15, 0.2) is 5.65 Å². The van der Waals surface area contributed by atoms with E-state index in [0.717, 1.165) is 27.1 Å². The smallest absolute Gasteiger partial charge is 0.184 e. The predicted molar refractivity (Wildman–Crippen MR) is 62.8 cm³/mol. The molecule has 1 aromatic carbocycles. The minimum atomic E-state index is 0.715. The molecule has 3 aromatic rings. The monoisotopic (exact) mass is 232 g/mol. The average Bonchev–Trinajstić information content (AvgIpc) is 2.74. The van der Waals surface area contributed by atoms with Gasteiger partial charge >= 0.3 is 0 Å². The van der Waals surface area contributed by atoms with Crippen molar-refractivity contribution in [2.24, 2.45) is 0 Å². The van der Waals surface area contributed by atoms with Crippen molar-refractivity contribution < 1.29 is 0 Å². The number of aromatic nitrogens is 4. The molecule has 0 unspecified atom stereocenters. The van der Waals surface area contributed by atoms with E-state index in [-0.39, 0.29) is 0 Å². The molecule has 0 fully saturated rings. The Morgan fingerprint density at radius 3 is 2.88 bits per heavy atom. The van der Waals surface area contributed by atoms with Crippen molar-refractivity contribution in [3.8, 4) is 0 Å². The van der Waals surface area contributed by atoms with Crippen molar-refractivity contribution in [2.75, 3.05) is 0 Å². The molecule has 0 N–H and O–H groups in total. The summed E-state index contributed by atoms with van der Waals surface area (Å²) in [5, 5.41) is 13.4. The van der Waals surface area contributed by atoms with Gasteiger partial charge in [-0.2, -0.15) is 4.52 Å². The topological polar surface area (TPSA) is 43.1 Å². The molecule has 5 heteroatoms. The molecule has 4 nitrogen and oxygen atoms in total. The third kappa shape index (κ3) is 1.08. The lowest BCUT2D eigenvalue weighted by molar-refractivity contribution is 0.840. The van der Waals surface area contributed by atoms with Crippen LogP contribution in [-0.2, 0) is 0 Å². The fourth-order valence-corrected chi connectivity index (χ4v) is 2.23. The van der Waals surface area contributed by atoms with E-state index in [0.29, 0.717) is 5.65 Å². The van der Waals surface area contributed by atoms with E-state index >= 15 is 0 Å². The molecule has 0 aliphatic heterocycles. The first-order valence-electron chi connectivity index (χ1n) is 4.95. The lowest BCUT2D eigenvalue weighted by Crippen LogP contribution is -1.96. The number of pyridine rings is 1. The van der Waals surface area contributed by atoms with Crippen LogP contribution in [0.4, 0.5) is 0 Å². The summed E-state index contributed by atoms with van der Waals surface area (Å²) in [5.41, 5.74) is 3.70. The zero-order valence-electron chi connectivity index (χ0n) is 8.90.